The van der Waals surface area contributed by atoms with E-state index in [2.05, 4.69) is 5.32 Å². The number of nitro benzene ring substituents is 1. The highest BCUT2D eigenvalue weighted by Crippen LogP contribution is 2.48. The molecule has 2 bridgehead atoms. The lowest BCUT2D eigenvalue weighted by Crippen LogP contribution is -2.20. The fourth-order valence-electron chi connectivity index (χ4n) is 3.81. The molecular formula is C15H20N2O2. The molecule has 0 radical (unpaired) electrons. The Morgan fingerprint density at radius 3 is 2.84 bits per heavy atom. The number of rotatable bonds is 4. The van der Waals surface area contributed by atoms with Gasteiger partial charge in [0.1, 0.15) is 5.69 Å². The second kappa shape index (κ2) is 4.83. The number of nitrogens with zero attached hydrogens (tertiary/aromatic N) is 1. The van der Waals surface area contributed by atoms with Crippen molar-refractivity contribution in [3.63, 3.8) is 0 Å². The van der Waals surface area contributed by atoms with Crippen LogP contribution >= 0.6 is 0 Å². The summed E-state index contributed by atoms with van der Waals surface area (Å²) in [5.74, 6) is 2.48. The van der Waals surface area contributed by atoms with Crippen LogP contribution in [0.3, 0.4) is 0 Å². The molecule has 1 aromatic rings. The molecule has 0 heterocycles. The molecule has 0 aromatic heterocycles. The van der Waals surface area contributed by atoms with E-state index in [4.69, 9.17) is 0 Å². The first-order valence-corrected chi connectivity index (χ1v) is 7.12. The molecule has 2 aliphatic carbocycles. The normalized spacial score (nSPS) is 28.6. The molecule has 19 heavy (non-hydrogen) atoms. The first-order valence-electron chi connectivity index (χ1n) is 7.12. The van der Waals surface area contributed by atoms with Crippen LogP contribution < -0.4 is 5.32 Å². The number of nitrogens with one attached hydrogen (secondary N) is 1. The molecule has 4 nitrogen and oxygen atoms in total. The largest absolute Gasteiger partial charge is 0.379 e. The smallest absolute Gasteiger partial charge is 0.292 e. The van der Waals surface area contributed by atoms with E-state index in [1.165, 1.54) is 25.7 Å². The minimum absolute atomic E-state index is 0.197. The average molecular weight is 260 g/mol. The number of hydrogen-bond donors (Lipinski definition) is 1. The zero-order valence-electron chi connectivity index (χ0n) is 11.3. The van der Waals surface area contributed by atoms with Gasteiger partial charge >= 0.3 is 0 Å². The molecule has 1 N–H and O–H groups in total. The third kappa shape index (κ3) is 2.44. The Labute approximate surface area is 113 Å². The van der Waals surface area contributed by atoms with Crippen LogP contribution in [0.5, 0.6) is 0 Å². The van der Waals surface area contributed by atoms with E-state index in [0.29, 0.717) is 11.6 Å². The first-order chi connectivity index (χ1) is 9.13. The van der Waals surface area contributed by atoms with E-state index in [1.54, 1.807) is 6.07 Å². The number of aryl methyl sites for hydroxylation is 1. The maximum atomic E-state index is 11.1. The Morgan fingerprint density at radius 2 is 2.21 bits per heavy atom. The van der Waals surface area contributed by atoms with Crippen molar-refractivity contribution >= 4 is 11.4 Å². The molecule has 0 amide bonds. The fraction of sp³-hybridized carbons (Fsp3) is 0.600. The van der Waals surface area contributed by atoms with Gasteiger partial charge in [-0.2, -0.15) is 0 Å². The summed E-state index contributed by atoms with van der Waals surface area (Å²) >= 11 is 0. The summed E-state index contributed by atoms with van der Waals surface area (Å²) in [7, 11) is 0. The van der Waals surface area contributed by atoms with Gasteiger partial charge in [-0.15, -0.1) is 0 Å². The monoisotopic (exact) mass is 260 g/mol. The molecule has 0 spiro atoms. The summed E-state index contributed by atoms with van der Waals surface area (Å²) in [6.45, 7) is 2.76. The van der Waals surface area contributed by atoms with Crippen LogP contribution in [0.25, 0.3) is 0 Å². The summed E-state index contributed by atoms with van der Waals surface area (Å²) in [6, 6.07) is 5.40. The number of hydrogen-bond acceptors (Lipinski definition) is 3. The minimum Gasteiger partial charge on any atom is -0.379 e. The van der Waals surface area contributed by atoms with Gasteiger partial charge in [-0.3, -0.25) is 10.1 Å². The van der Waals surface area contributed by atoms with Crippen LogP contribution in [0.15, 0.2) is 18.2 Å². The molecule has 3 rings (SSSR count). The van der Waals surface area contributed by atoms with E-state index in [-0.39, 0.29) is 10.6 Å². The molecule has 2 aliphatic rings. The van der Waals surface area contributed by atoms with Crippen molar-refractivity contribution in [2.24, 2.45) is 17.8 Å². The zero-order chi connectivity index (χ0) is 13.4. The Kier molecular flexibility index (Phi) is 3.17. The van der Waals surface area contributed by atoms with Crippen molar-refractivity contribution < 1.29 is 4.92 Å². The number of fused-ring (bicyclic) bond motifs is 2. The van der Waals surface area contributed by atoms with E-state index in [1.807, 2.05) is 19.1 Å². The van der Waals surface area contributed by atoms with Crippen molar-refractivity contribution in [1.29, 1.82) is 0 Å². The standard InChI is InChI=1S/C15H20N2O2/c1-10-2-5-14(15(6-10)17(18)19)16-9-13-8-11-3-4-12(13)7-11/h2,5-6,11-13,16H,3-4,7-9H2,1H3. The summed E-state index contributed by atoms with van der Waals surface area (Å²) < 4.78 is 0. The van der Waals surface area contributed by atoms with Gasteiger partial charge in [0.2, 0.25) is 0 Å². The summed E-state index contributed by atoms with van der Waals surface area (Å²) in [5, 5.41) is 14.4. The minimum atomic E-state index is -0.296. The quantitative estimate of drug-likeness (QED) is 0.662. The SMILES string of the molecule is Cc1ccc(NCC2CC3CCC2C3)c([N+](=O)[O-])c1. The highest BCUT2D eigenvalue weighted by atomic mass is 16.6. The predicted octanol–water partition coefficient (Wildman–Crippen LogP) is 3.75. The molecule has 3 unspecified atom stereocenters. The number of benzene rings is 1. The molecule has 0 saturated heterocycles. The fourth-order valence-corrected chi connectivity index (χ4v) is 3.81. The highest BCUT2D eigenvalue weighted by molar-refractivity contribution is 5.62. The summed E-state index contributed by atoms with van der Waals surface area (Å²) in [4.78, 5) is 10.8. The van der Waals surface area contributed by atoms with Gasteiger partial charge in [0.15, 0.2) is 0 Å². The van der Waals surface area contributed by atoms with Gasteiger partial charge in [-0.1, -0.05) is 12.5 Å². The van der Waals surface area contributed by atoms with Crippen LogP contribution in [0.4, 0.5) is 11.4 Å². The van der Waals surface area contributed by atoms with Crippen LogP contribution in [-0.2, 0) is 0 Å². The van der Waals surface area contributed by atoms with Crippen molar-refractivity contribution in [2.45, 2.75) is 32.6 Å². The highest BCUT2D eigenvalue weighted by Gasteiger charge is 2.39. The summed E-state index contributed by atoms with van der Waals surface area (Å²) in [6.07, 6.45) is 5.43. The lowest BCUT2D eigenvalue weighted by Gasteiger charge is -2.22. The van der Waals surface area contributed by atoms with Gasteiger partial charge in [0.25, 0.3) is 5.69 Å². The molecule has 2 fully saturated rings. The maximum Gasteiger partial charge on any atom is 0.292 e. The molecular weight excluding hydrogens is 240 g/mol. The second-order valence-corrected chi connectivity index (χ2v) is 6.09. The lowest BCUT2D eigenvalue weighted by atomic mass is 9.89. The van der Waals surface area contributed by atoms with Crippen molar-refractivity contribution in [2.75, 3.05) is 11.9 Å². The van der Waals surface area contributed by atoms with E-state index in [9.17, 15) is 10.1 Å². The topological polar surface area (TPSA) is 55.2 Å². The number of nitro groups is 1. The maximum absolute atomic E-state index is 11.1. The molecule has 1 aromatic carbocycles. The Balaban J connectivity index is 1.68. The second-order valence-electron chi connectivity index (χ2n) is 6.09. The Hall–Kier alpha value is -1.58. The van der Waals surface area contributed by atoms with E-state index < -0.39 is 0 Å². The Morgan fingerprint density at radius 1 is 1.37 bits per heavy atom. The third-order valence-electron chi connectivity index (χ3n) is 4.79. The third-order valence-corrected chi connectivity index (χ3v) is 4.79. The molecule has 0 aliphatic heterocycles. The molecule has 4 heteroatoms. The van der Waals surface area contributed by atoms with Crippen molar-refractivity contribution in [1.82, 2.24) is 0 Å². The van der Waals surface area contributed by atoms with Crippen molar-refractivity contribution in [3.8, 4) is 0 Å². The van der Waals surface area contributed by atoms with Gasteiger partial charge < -0.3 is 5.32 Å². The van der Waals surface area contributed by atoms with Crippen molar-refractivity contribution in [3.05, 3.63) is 33.9 Å². The van der Waals surface area contributed by atoms with Crippen LogP contribution in [0, 0.1) is 34.8 Å². The molecule has 2 saturated carbocycles. The van der Waals surface area contributed by atoms with Gasteiger partial charge in [-0.25, -0.2) is 0 Å². The average Bonchev–Trinajstić information content (AvgIpc) is 2.99. The van der Waals surface area contributed by atoms with E-state index in [0.717, 1.165) is 23.9 Å². The van der Waals surface area contributed by atoms with Gasteiger partial charge in [-0.05, 0) is 55.6 Å². The van der Waals surface area contributed by atoms with Crippen LogP contribution in [0.2, 0.25) is 0 Å². The molecule has 3 atom stereocenters. The lowest BCUT2D eigenvalue weighted by molar-refractivity contribution is -0.384. The van der Waals surface area contributed by atoms with Crippen LogP contribution in [0.1, 0.15) is 31.2 Å². The Bertz CT molecular complexity index is 501. The molecule has 102 valence electrons. The zero-order valence-corrected chi connectivity index (χ0v) is 11.3. The van der Waals surface area contributed by atoms with Gasteiger partial charge in [0, 0.05) is 12.6 Å². The van der Waals surface area contributed by atoms with Crippen LogP contribution in [-0.4, -0.2) is 11.5 Å². The van der Waals surface area contributed by atoms with Gasteiger partial charge in [0.05, 0.1) is 4.92 Å². The predicted molar refractivity (Wildman–Crippen MR) is 75.3 cm³/mol. The summed E-state index contributed by atoms with van der Waals surface area (Å²) in [5.41, 5.74) is 1.79. The number of anilines is 1. The first kappa shape index (κ1) is 12.5. The van der Waals surface area contributed by atoms with E-state index >= 15 is 0 Å².